The Balaban J connectivity index is 2.91. The fraction of sp³-hybridized carbons (Fsp3) is 0.545. The molecule has 0 radical (unpaired) electrons. The molecule has 0 aliphatic rings. The molecule has 0 bridgehead atoms. The molecule has 0 aliphatic heterocycles. The molecule has 0 N–H and O–H groups in total. The lowest BCUT2D eigenvalue weighted by atomic mass is 9.96. The van der Waals surface area contributed by atoms with Crippen LogP contribution in [0, 0.1) is 5.92 Å². The third kappa shape index (κ3) is 2.42. The van der Waals surface area contributed by atoms with E-state index in [1.807, 2.05) is 49.7 Å². The van der Waals surface area contributed by atoms with E-state index in [0.29, 0.717) is 0 Å². The van der Waals surface area contributed by atoms with Crippen molar-refractivity contribution in [1.29, 1.82) is 0 Å². The summed E-state index contributed by atoms with van der Waals surface area (Å²) in [6.45, 7) is 3.90. The zero-order valence-corrected chi connectivity index (χ0v) is 9.97. The summed E-state index contributed by atoms with van der Waals surface area (Å²) < 4.78 is 0. The van der Waals surface area contributed by atoms with Crippen LogP contribution in [0.4, 0.5) is 0 Å². The maximum absolute atomic E-state index is 11.9. The lowest BCUT2D eigenvalue weighted by molar-refractivity contribution is -0.126. The molecular weight excluding hydrogens is 194 g/mol. The van der Waals surface area contributed by atoms with Gasteiger partial charge in [0, 0.05) is 5.92 Å². The van der Waals surface area contributed by atoms with Gasteiger partial charge in [-0.3, -0.25) is 9.69 Å². The Hall–Kier alpha value is -0.670. The van der Waals surface area contributed by atoms with Gasteiger partial charge in [0.2, 0.25) is 0 Å². The normalized spacial score (nSPS) is 13.6. The summed E-state index contributed by atoms with van der Waals surface area (Å²) in [4.78, 5) is 13.9. The number of likely N-dealkylation sites (N-methyl/N-ethyl adjacent to an activating group) is 1. The molecule has 0 spiro atoms. The van der Waals surface area contributed by atoms with Crippen molar-refractivity contribution >= 4 is 17.1 Å². The average molecular weight is 211 g/mol. The summed E-state index contributed by atoms with van der Waals surface area (Å²) in [5.41, 5.74) is 1.11. The zero-order chi connectivity index (χ0) is 10.7. The molecule has 3 heteroatoms. The minimum atomic E-state index is -0.0822. The van der Waals surface area contributed by atoms with E-state index in [1.54, 1.807) is 11.3 Å². The second kappa shape index (κ2) is 4.71. The van der Waals surface area contributed by atoms with Crippen molar-refractivity contribution in [2.24, 2.45) is 5.92 Å². The average Bonchev–Trinajstić information content (AvgIpc) is 2.56. The van der Waals surface area contributed by atoms with Crippen molar-refractivity contribution in [3.63, 3.8) is 0 Å². The molecule has 0 amide bonds. The van der Waals surface area contributed by atoms with Crippen LogP contribution in [0.1, 0.15) is 25.5 Å². The second-order valence-electron chi connectivity index (χ2n) is 3.98. The number of thiophene rings is 1. The molecule has 1 heterocycles. The summed E-state index contributed by atoms with van der Waals surface area (Å²) in [7, 11) is 3.89. The fourth-order valence-corrected chi connectivity index (χ4v) is 2.14. The minimum Gasteiger partial charge on any atom is -0.297 e. The van der Waals surface area contributed by atoms with E-state index < -0.39 is 0 Å². The number of carbonyl (C=O) groups is 1. The molecule has 1 unspecified atom stereocenters. The predicted octanol–water partition coefficient (Wildman–Crippen LogP) is 2.58. The maximum Gasteiger partial charge on any atom is 0.157 e. The third-order valence-corrected chi connectivity index (χ3v) is 2.92. The highest BCUT2D eigenvalue weighted by Crippen LogP contribution is 2.24. The summed E-state index contributed by atoms with van der Waals surface area (Å²) in [5, 5.41) is 4.06. The standard InChI is InChI=1S/C11H17NOS/c1-8(2)11(13)10(12(3)4)9-5-6-14-7-9/h5-8,10H,1-4H3. The van der Waals surface area contributed by atoms with Crippen molar-refractivity contribution in [3.8, 4) is 0 Å². The van der Waals surface area contributed by atoms with Gasteiger partial charge in [0.25, 0.3) is 0 Å². The van der Waals surface area contributed by atoms with E-state index >= 15 is 0 Å². The van der Waals surface area contributed by atoms with Crippen molar-refractivity contribution in [2.45, 2.75) is 19.9 Å². The quantitative estimate of drug-likeness (QED) is 0.763. The van der Waals surface area contributed by atoms with Crippen molar-refractivity contribution in [3.05, 3.63) is 22.4 Å². The van der Waals surface area contributed by atoms with Gasteiger partial charge in [0.15, 0.2) is 5.78 Å². The molecule has 0 aliphatic carbocycles. The first-order valence-corrected chi connectivity index (χ1v) is 5.70. The van der Waals surface area contributed by atoms with Gasteiger partial charge >= 0.3 is 0 Å². The molecule has 0 saturated carbocycles. The van der Waals surface area contributed by atoms with Crippen LogP contribution >= 0.6 is 11.3 Å². The van der Waals surface area contributed by atoms with Crippen LogP contribution in [0.2, 0.25) is 0 Å². The van der Waals surface area contributed by atoms with Gasteiger partial charge in [0.05, 0.1) is 6.04 Å². The maximum atomic E-state index is 11.9. The predicted molar refractivity (Wildman–Crippen MR) is 60.6 cm³/mol. The Morgan fingerprint density at radius 1 is 1.43 bits per heavy atom. The topological polar surface area (TPSA) is 20.3 Å². The van der Waals surface area contributed by atoms with Crippen LogP contribution in [0.25, 0.3) is 0 Å². The Morgan fingerprint density at radius 3 is 2.43 bits per heavy atom. The van der Waals surface area contributed by atoms with E-state index in [1.165, 1.54) is 0 Å². The SMILES string of the molecule is CC(C)C(=O)C(c1ccsc1)N(C)C. The van der Waals surface area contributed by atoms with Gasteiger partial charge in [0.1, 0.15) is 0 Å². The van der Waals surface area contributed by atoms with Crippen LogP contribution in [-0.4, -0.2) is 24.8 Å². The van der Waals surface area contributed by atoms with Gasteiger partial charge in [-0.1, -0.05) is 13.8 Å². The first-order valence-electron chi connectivity index (χ1n) is 4.76. The van der Waals surface area contributed by atoms with E-state index in [0.717, 1.165) is 5.56 Å². The molecule has 0 saturated heterocycles. The van der Waals surface area contributed by atoms with E-state index in [-0.39, 0.29) is 17.7 Å². The summed E-state index contributed by atoms with van der Waals surface area (Å²) in [6, 6.07) is 1.94. The first-order chi connectivity index (χ1) is 6.54. The van der Waals surface area contributed by atoms with Gasteiger partial charge in [-0.15, -0.1) is 0 Å². The highest BCUT2D eigenvalue weighted by atomic mass is 32.1. The number of hydrogen-bond acceptors (Lipinski definition) is 3. The van der Waals surface area contributed by atoms with E-state index in [9.17, 15) is 4.79 Å². The first kappa shape index (κ1) is 11.4. The molecular formula is C11H17NOS. The highest BCUT2D eigenvalue weighted by Gasteiger charge is 2.24. The summed E-state index contributed by atoms with van der Waals surface area (Å²) in [6.07, 6.45) is 0. The second-order valence-corrected chi connectivity index (χ2v) is 4.76. The summed E-state index contributed by atoms with van der Waals surface area (Å²) >= 11 is 1.64. The molecule has 1 atom stereocenters. The lowest BCUT2D eigenvalue weighted by Gasteiger charge is -2.23. The molecule has 78 valence electrons. The van der Waals surface area contributed by atoms with Gasteiger partial charge < -0.3 is 0 Å². The third-order valence-electron chi connectivity index (χ3n) is 2.21. The smallest absolute Gasteiger partial charge is 0.157 e. The zero-order valence-electron chi connectivity index (χ0n) is 9.15. The van der Waals surface area contributed by atoms with Gasteiger partial charge in [-0.05, 0) is 36.5 Å². The summed E-state index contributed by atoms with van der Waals surface area (Å²) in [5.74, 6) is 0.371. The Labute approximate surface area is 89.5 Å². The number of ketones is 1. The molecule has 14 heavy (non-hydrogen) atoms. The van der Waals surface area contributed by atoms with Gasteiger partial charge in [-0.25, -0.2) is 0 Å². The van der Waals surface area contributed by atoms with Crippen molar-refractivity contribution in [1.82, 2.24) is 4.90 Å². The largest absolute Gasteiger partial charge is 0.297 e. The Bertz CT molecular complexity index is 290. The number of rotatable bonds is 4. The number of nitrogens with zero attached hydrogens (tertiary/aromatic N) is 1. The van der Waals surface area contributed by atoms with E-state index in [2.05, 4.69) is 0 Å². The lowest BCUT2D eigenvalue weighted by Crippen LogP contribution is -2.30. The fourth-order valence-electron chi connectivity index (χ4n) is 1.46. The number of carbonyl (C=O) groups excluding carboxylic acids is 1. The molecule has 1 rings (SSSR count). The monoisotopic (exact) mass is 211 g/mol. The molecule has 0 aromatic carbocycles. The van der Waals surface area contributed by atoms with Crippen LogP contribution in [0.5, 0.6) is 0 Å². The number of hydrogen-bond donors (Lipinski definition) is 0. The van der Waals surface area contributed by atoms with Crippen molar-refractivity contribution < 1.29 is 4.79 Å². The van der Waals surface area contributed by atoms with Gasteiger partial charge in [-0.2, -0.15) is 11.3 Å². The molecule has 1 aromatic rings. The number of Topliss-reactive ketones (excluding diaryl/α,β-unsaturated/α-hetero) is 1. The molecule has 0 fully saturated rings. The van der Waals surface area contributed by atoms with Crippen molar-refractivity contribution in [2.75, 3.05) is 14.1 Å². The van der Waals surface area contributed by atoms with E-state index in [4.69, 9.17) is 0 Å². The van der Waals surface area contributed by atoms with Crippen LogP contribution in [0.3, 0.4) is 0 Å². The Morgan fingerprint density at radius 2 is 2.07 bits per heavy atom. The molecule has 2 nitrogen and oxygen atoms in total. The highest BCUT2D eigenvalue weighted by molar-refractivity contribution is 7.08. The molecule has 1 aromatic heterocycles. The Kier molecular flexibility index (Phi) is 3.84. The van der Waals surface area contributed by atoms with Crippen LogP contribution < -0.4 is 0 Å². The minimum absolute atomic E-state index is 0.0822. The van der Waals surface area contributed by atoms with Crippen LogP contribution in [-0.2, 0) is 4.79 Å². The van der Waals surface area contributed by atoms with Crippen LogP contribution in [0.15, 0.2) is 16.8 Å².